The lowest BCUT2D eigenvalue weighted by Crippen LogP contribution is -2.26. The average molecular weight is 332 g/mol. The van der Waals surface area contributed by atoms with Crippen LogP contribution in [0.15, 0.2) is 45.9 Å². The van der Waals surface area contributed by atoms with Crippen molar-refractivity contribution in [2.75, 3.05) is 0 Å². The Morgan fingerprint density at radius 3 is 2.35 bits per heavy atom. The molecule has 0 saturated heterocycles. The molecule has 1 atom stereocenters. The Labute approximate surface area is 141 Å². The number of benzene rings is 1. The fraction of sp³-hybridized carbons (Fsp3) is 0.526. The first-order valence-corrected chi connectivity index (χ1v) is 9.99. The SMILES string of the molecule is CC(C)(C)S1([O-])N=C(c2ccccc2)C=C1OC1CCCCC1. The van der Waals surface area contributed by atoms with Gasteiger partial charge < -0.3 is 9.29 Å². The van der Waals surface area contributed by atoms with Crippen molar-refractivity contribution >= 4 is 16.2 Å². The van der Waals surface area contributed by atoms with E-state index in [1.54, 1.807) is 0 Å². The highest BCUT2D eigenvalue weighted by molar-refractivity contribution is 8.32. The van der Waals surface area contributed by atoms with Crippen LogP contribution in [0.25, 0.3) is 0 Å². The van der Waals surface area contributed by atoms with Crippen molar-refractivity contribution in [3.8, 4) is 0 Å². The molecular formula is C19H26NO2S-. The van der Waals surface area contributed by atoms with E-state index in [0.717, 1.165) is 24.1 Å². The molecule has 0 radical (unpaired) electrons. The maximum Gasteiger partial charge on any atom is 0.145 e. The van der Waals surface area contributed by atoms with Gasteiger partial charge in [-0.1, -0.05) is 57.5 Å². The van der Waals surface area contributed by atoms with Crippen LogP contribution in [0.2, 0.25) is 0 Å². The largest absolute Gasteiger partial charge is 0.790 e. The summed E-state index contributed by atoms with van der Waals surface area (Å²) in [6.07, 6.45) is 7.86. The summed E-state index contributed by atoms with van der Waals surface area (Å²) in [7, 11) is -2.58. The van der Waals surface area contributed by atoms with Gasteiger partial charge in [0.05, 0.1) is 11.8 Å². The minimum absolute atomic E-state index is 0.184. The molecule has 1 saturated carbocycles. The van der Waals surface area contributed by atoms with Crippen molar-refractivity contribution in [2.24, 2.45) is 4.40 Å². The molecule has 0 amide bonds. The molecule has 126 valence electrons. The van der Waals surface area contributed by atoms with Crippen LogP contribution in [0, 0.1) is 0 Å². The van der Waals surface area contributed by atoms with Crippen molar-refractivity contribution in [1.82, 2.24) is 0 Å². The maximum absolute atomic E-state index is 13.6. The van der Waals surface area contributed by atoms with Gasteiger partial charge in [0.2, 0.25) is 0 Å². The van der Waals surface area contributed by atoms with Gasteiger partial charge in [-0.2, -0.15) is 10.5 Å². The highest BCUT2D eigenvalue weighted by atomic mass is 32.3. The third-order valence-electron chi connectivity index (χ3n) is 4.49. The molecule has 2 aliphatic rings. The summed E-state index contributed by atoms with van der Waals surface area (Å²) in [5.74, 6) is 0. The molecule has 1 aliphatic carbocycles. The van der Waals surface area contributed by atoms with Crippen LogP contribution in [-0.4, -0.2) is 21.1 Å². The van der Waals surface area contributed by atoms with E-state index in [1.807, 2.05) is 57.2 Å². The third-order valence-corrected chi connectivity index (χ3v) is 7.36. The number of allylic oxidation sites excluding steroid dienone is 1. The summed E-state index contributed by atoms with van der Waals surface area (Å²) in [6.45, 7) is 5.93. The first kappa shape index (κ1) is 16.6. The normalized spacial score (nSPS) is 28.7. The average Bonchev–Trinajstić information content (AvgIpc) is 2.87. The van der Waals surface area contributed by atoms with E-state index in [9.17, 15) is 4.55 Å². The Bertz CT molecular complexity index is 612. The van der Waals surface area contributed by atoms with Gasteiger partial charge in [-0.3, -0.25) is 0 Å². The lowest BCUT2D eigenvalue weighted by Gasteiger charge is -2.52. The first-order valence-electron chi connectivity index (χ1n) is 8.48. The van der Waals surface area contributed by atoms with Crippen LogP contribution in [0.5, 0.6) is 0 Å². The van der Waals surface area contributed by atoms with E-state index >= 15 is 0 Å². The molecule has 1 fully saturated rings. The summed E-state index contributed by atoms with van der Waals surface area (Å²) in [4.78, 5) is 0. The number of nitrogens with zero attached hydrogens (tertiary/aromatic N) is 1. The summed E-state index contributed by atoms with van der Waals surface area (Å²) in [5, 5.41) is 0.579. The van der Waals surface area contributed by atoms with Gasteiger partial charge in [-0.25, -0.2) is 4.40 Å². The van der Waals surface area contributed by atoms with Crippen LogP contribution in [-0.2, 0) is 4.74 Å². The van der Waals surface area contributed by atoms with E-state index in [0.29, 0.717) is 5.09 Å². The molecule has 1 unspecified atom stereocenters. The molecule has 1 aromatic carbocycles. The minimum atomic E-state index is -2.58. The molecule has 1 heterocycles. The molecule has 0 bridgehead atoms. The quantitative estimate of drug-likeness (QED) is 0.751. The first-order chi connectivity index (χ1) is 10.9. The van der Waals surface area contributed by atoms with Gasteiger partial charge in [0.25, 0.3) is 0 Å². The Kier molecular flexibility index (Phi) is 4.56. The topological polar surface area (TPSA) is 44.7 Å². The fourth-order valence-corrected chi connectivity index (χ4v) is 4.97. The Morgan fingerprint density at radius 2 is 1.74 bits per heavy atom. The Morgan fingerprint density at radius 1 is 1.09 bits per heavy atom. The van der Waals surface area contributed by atoms with Gasteiger partial charge in [0.1, 0.15) is 5.09 Å². The molecule has 3 nitrogen and oxygen atoms in total. The van der Waals surface area contributed by atoms with E-state index in [4.69, 9.17) is 4.74 Å². The molecule has 0 aromatic heterocycles. The molecule has 1 aliphatic heterocycles. The smallest absolute Gasteiger partial charge is 0.145 e. The zero-order valence-electron chi connectivity index (χ0n) is 14.2. The summed E-state index contributed by atoms with van der Waals surface area (Å²) in [6, 6.07) is 9.93. The summed E-state index contributed by atoms with van der Waals surface area (Å²) >= 11 is 0. The standard InChI is InChI=1S/C19H27NO2S/c1-19(2,3)23(21)18(22-16-12-8-5-9-13-16)14-17(20-23)15-10-6-4-7-11-15/h4,6-7,10-11,14,16,21H,5,8-9,12-13H2,1-3H3/p-1. The van der Waals surface area contributed by atoms with E-state index in [1.165, 1.54) is 19.3 Å². The molecule has 4 heteroatoms. The van der Waals surface area contributed by atoms with E-state index in [2.05, 4.69) is 4.40 Å². The number of rotatable bonds is 3. The van der Waals surface area contributed by atoms with E-state index < -0.39 is 15.2 Å². The minimum Gasteiger partial charge on any atom is -0.790 e. The van der Waals surface area contributed by atoms with Gasteiger partial charge in [-0.05, 0) is 25.7 Å². The predicted octanol–water partition coefficient (Wildman–Crippen LogP) is 5.33. The van der Waals surface area contributed by atoms with Gasteiger partial charge >= 0.3 is 0 Å². The molecular weight excluding hydrogens is 306 g/mol. The molecule has 1 aromatic rings. The van der Waals surface area contributed by atoms with Crippen molar-refractivity contribution in [3.63, 3.8) is 0 Å². The van der Waals surface area contributed by atoms with Gasteiger partial charge in [0, 0.05) is 16.4 Å². The molecule has 0 N–H and O–H groups in total. The molecule has 3 rings (SSSR count). The van der Waals surface area contributed by atoms with Crippen molar-refractivity contribution < 1.29 is 9.29 Å². The monoisotopic (exact) mass is 332 g/mol. The zero-order valence-corrected chi connectivity index (χ0v) is 15.1. The van der Waals surface area contributed by atoms with Crippen LogP contribution in [0.4, 0.5) is 0 Å². The number of hydrogen-bond acceptors (Lipinski definition) is 3. The Balaban J connectivity index is 1.91. The third kappa shape index (κ3) is 3.33. The zero-order chi connectivity index (χ0) is 16.5. The van der Waals surface area contributed by atoms with Crippen molar-refractivity contribution in [2.45, 2.75) is 63.7 Å². The molecule has 23 heavy (non-hydrogen) atoms. The fourth-order valence-electron chi connectivity index (χ4n) is 3.03. The van der Waals surface area contributed by atoms with Crippen LogP contribution in [0.3, 0.4) is 0 Å². The van der Waals surface area contributed by atoms with Crippen LogP contribution >= 0.6 is 10.5 Å². The Hall–Kier alpha value is -1.26. The second-order valence-corrected chi connectivity index (χ2v) is 10.2. The van der Waals surface area contributed by atoms with Crippen molar-refractivity contribution in [3.05, 3.63) is 47.1 Å². The maximum atomic E-state index is 13.6. The molecule has 0 spiro atoms. The summed E-state index contributed by atoms with van der Waals surface area (Å²) < 4.78 is 24.0. The second-order valence-electron chi connectivity index (χ2n) is 7.32. The van der Waals surface area contributed by atoms with Crippen LogP contribution in [0.1, 0.15) is 58.4 Å². The highest BCUT2D eigenvalue weighted by Gasteiger charge is 2.37. The highest BCUT2D eigenvalue weighted by Crippen LogP contribution is 2.66. The lowest BCUT2D eigenvalue weighted by molar-refractivity contribution is 0.0962. The second kappa shape index (κ2) is 6.33. The van der Waals surface area contributed by atoms with Gasteiger partial charge in [0.15, 0.2) is 0 Å². The van der Waals surface area contributed by atoms with Crippen LogP contribution < -0.4 is 0 Å². The predicted molar refractivity (Wildman–Crippen MR) is 97.1 cm³/mol. The number of hydrogen-bond donors (Lipinski definition) is 0. The lowest BCUT2D eigenvalue weighted by atomic mass is 9.98. The van der Waals surface area contributed by atoms with Gasteiger partial charge in [-0.15, -0.1) is 0 Å². The van der Waals surface area contributed by atoms with E-state index in [-0.39, 0.29) is 6.10 Å². The number of ether oxygens (including phenoxy) is 1. The van der Waals surface area contributed by atoms with Crippen molar-refractivity contribution in [1.29, 1.82) is 0 Å². The summed E-state index contributed by atoms with van der Waals surface area (Å²) in [5.41, 5.74) is 1.77.